The summed E-state index contributed by atoms with van der Waals surface area (Å²) in [6, 6.07) is 7.29. The van der Waals surface area contributed by atoms with E-state index in [4.69, 9.17) is 9.52 Å². The third kappa shape index (κ3) is 2.56. The first-order chi connectivity index (χ1) is 8.59. The van der Waals surface area contributed by atoms with E-state index in [1.165, 1.54) is 12.3 Å². The molecule has 0 spiro atoms. The molecule has 18 heavy (non-hydrogen) atoms. The van der Waals surface area contributed by atoms with Gasteiger partial charge in [-0.2, -0.15) is 0 Å². The van der Waals surface area contributed by atoms with Crippen LogP contribution in [0, 0.1) is 6.92 Å². The molecule has 2 rings (SSSR count). The number of carbonyl (C=O) groups is 1. The second-order valence-electron chi connectivity index (χ2n) is 3.85. The van der Waals surface area contributed by atoms with Crippen LogP contribution in [0.3, 0.4) is 0 Å². The van der Waals surface area contributed by atoms with E-state index in [1.807, 2.05) is 25.1 Å². The molecule has 4 nitrogen and oxygen atoms in total. The monoisotopic (exact) mass is 309 g/mol. The van der Waals surface area contributed by atoms with Gasteiger partial charge in [0.05, 0.1) is 12.8 Å². The first-order valence-electron chi connectivity index (χ1n) is 5.38. The van der Waals surface area contributed by atoms with Crippen molar-refractivity contribution >= 4 is 27.6 Å². The standard InChI is InChI=1S/C13H12BrNO3/c1-8-3-2-4-10(12(8)14)15-7-11-9(13(16)17)5-6-18-11/h2-6,15H,7H2,1H3,(H,16,17). The van der Waals surface area contributed by atoms with Gasteiger partial charge in [-0.25, -0.2) is 4.79 Å². The number of aromatic carboxylic acids is 1. The Morgan fingerprint density at radius 2 is 2.22 bits per heavy atom. The lowest BCUT2D eigenvalue weighted by atomic mass is 10.2. The third-order valence-electron chi connectivity index (χ3n) is 2.61. The Labute approximate surface area is 113 Å². The van der Waals surface area contributed by atoms with Crippen LogP contribution in [0.5, 0.6) is 0 Å². The number of benzene rings is 1. The van der Waals surface area contributed by atoms with Gasteiger partial charge < -0.3 is 14.8 Å². The molecule has 1 aromatic carbocycles. The summed E-state index contributed by atoms with van der Waals surface area (Å²) in [4.78, 5) is 10.9. The Bertz CT molecular complexity index is 577. The summed E-state index contributed by atoms with van der Waals surface area (Å²) in [5, 5.41) is 12.1. The van der Waals surface area contributed by atoms with Crippen LogP contribution in [0.25, 0.3) is 0 Å². The molecule has 1 heterocycles. The van der Waals surface area contributed by atoms with Gasteiger partial charge in [-0.1, -0.05) is 12.1 Å². The van der Waals surface area contributed by atoms with E-state index in [1.54, 1.807) is 0 Å². The molecule has 0 aliphatic carbocycles. The molecule has 0 atom stereocenters. The molecule has 0 fully saturated rings. The van der Waals surface area contributed by atoms with Crippen LogP contribution < -0.4 is 5.32 Å². The highest BCUT2D eigenvalue weighted by Crippen LogP contribution is 2.26. The molecule has 0 amide bonds. The minimum Gasteiger partial charge on any atom is -0.478 e. The fourth-order valence-corrected chi connectivity index (χ4v) is 2.03. The molecule has 5 heteroatoms. The predicted octanol–water partition coefficient (Wildman–Crippen LogP) is 3.66. The Morgan fingerprint density at radius 3 is 2.94 bits per heavy atom. The normalized spacial score (nSPS) is 10.3. The van der Waals surface area contributed by atoms with Crippen LogP contribution in [0.4, 0.5) is 5.69 Å². The largest absolute Gasteiger partial charge is 0.478 e. The molecule has 0 bridgehead atoms. The second-order valence-corrected chi connectivity index (χ2v) is 4.65. The van der Waals surface area contributed by atoms with E-state index in [0.29, 0.717) is 12.3 Å². The van der Waals surface area contributed by atoms with E-state index in [-0.39, 0.29) is 5.56 Å². The van der Waals surface area contributed by atoms with Gasteiger partial charge in [-0.05, 0) is 40.5 Å². The number of furan rings is 1. The molecule has 0 aliphatic heterocycles. The van der Waals surface area contributed by atoms with Crippen LogP contribution >= 0.6 is 15.9 Å². The van der Waals surface area contributed by atoms with Crippen molar-refractivity contribution in [1.82, 2.24) is 0 Å². The Balaban J connectivity index is 2.14. The van der Waals surface area contributed by atoms with Crippen LogP contribution in [-0.4, -0.2) is 11.1 Å². The Hall–Kier alpha value is -1.75. The van der Waals surface area contributed by atoms with Crippen molar-refractivity contribution in [2.75, 3.05) is 5.32 Å². The van der Waals surface area contributed by atoms with Crippen molar-refractivity contribution in [1.29, 1.82) is 0 Å². The molecule has 0 radical (unpaired) electrons. The molecule has 0 aliphatic rings. The fraction of sp³-hybridized carbons (Fsp3) is 0.154. The summed E-state index contributed by atoms with van der Waals surface area (Å²) in [6.45, 7) is 2.32. The van der Waals surface area contributed by atoms with Crippen LogP contribution in [-0.2, 0) is 6.54 Å². The van der Waals surface area contributed by atoms with Crippen LogP contribution in [0.2, 0.25) is 0 Å². The number of hydrogen-bond donors (Lipinski definition) is 2. The minimum atomic E-state index is -0.983. The zero-order chi connectivity index (χ0) is 13.1. The summed E-state index contributed by atoms with van der Waals surface area (Å²) in [7, 11) is 0. The van der Waals surface area contributed by atoms with E-state index < -0.39 is 5.97 Å². The van der Waals surface area contributed by atoms with E-state index in [9.17, 15) is 4.79 Å². The van der Waals surface area contributed by atoms with Gasteiger partial charge in [0.1, 0.15) is 11.3 Å². The average molecular weight is 310 g/mol. The molecule has 1 aromatic heterocycles. The third-order valence-corrected chi connectivity index (χ3v) is 3.66. The first-order valence-corrected chi connectivity index (χ1v) is 6.17. The quantitative estimate of drug-likeness (QED) is 0.904. The lowest BCUT2D eigenvalue weighted by Crippen LogP contribution is -2.05. The van der Waals surface area contributed by atoms with Gasteiger partial charge in [-0.15, -0.1) is 0 Å². The zero-order valence-electron chi connectivity index (χ0n) is 9.74. The molecular formula is C13H12BrNO3. The van der Waals surface area contributed by atoms with Gasteiger partial charge in [0, 0.05) is 10.2 Å². The van der Waals surface area contributed by atoms with Crippen LogP contribution in [0.1, 0.15) is 21.7 Å². The summed E-state index contributed by atoms with van der Waals surface area (Å²) >= 11 is 3.48. The van der Waals surface area contributed by atoms with Crippen molar-refractivity contribution in [3.8, 4) is 0 Å². The Kier molecular flexibility index (Phi) is 3.72. The number of carboxylic acid groups (broad SMARTS) is 1. The predicted molar refractivity (Wildman–Crippen MR) is 71.9 cm³/mol. The van der Waals surface area contributed by atoms with Gasteiger partial charge in [-0.3, -0.25) is 0 Å². The lowest BCUT2D eigenvalue weighted by molar-refractivity contribution is 0.0694. The van der Waals surface area contributed by atoms with Gasteiger partial charge in [0.15, 0.2) is 0 Å². The van der Waals surface area contributed by atoms with E-state index in [2.05, 4.69) is 21.2 Å². The number of halogens is 1. The summed E-state index contributed by atoms with van der Waals surface area (Å²) in [5.74, 6) is -0.570. The van der Waals surface area contributed by atoms with Crippen molar-refractivity contribution in [3.05, 3.63) is 51.9 Å². The molecule has 2 aromatic rings. The van der Waals surface area contributed by atoms with Crippen molar-refractivity contribution < 1.29 is 14.3 Å². The highest BCUT2D eigenvalue weighted by atomic mass is 79.9. The van der Waals surface area contributed by atoms with Crippen molar-refractivity contribution in [3.63, 3.8) is 0 Å². The van der Waals surface area contributed by atoms with E-state index >= 15 is 0 Å². The molecular weight excluding hydrogens is 298 g/mol. The maximum atomic E-state index is 10.9. The SMILES string of the molecule is Cc1cccc(NCc2occc2C(=O)O)c1Br. The average Bonchev–Trinajstić information content (AvgIpc) is 2.79. The molecule has 0 saturated heterocycles. The lowest BCUT2D eigenvalue weighted by Gasteiger charge is -2.09. The van der Waals surface area contributed by atoms with Crippen molar-refractivity contribution in [2.24, 2.45) is 0 Å². The highest BCUT2D eigenvalue weighted by Gasteiger charge is 2.13. The maximum Gasteiger partial charge on any atom is 0.339 e. The van der Waals surface area contributed by atoms with Gasteiger partial charge in [0.2, 0.25) is 0 Å². The minimum absolute atomic E-state index is 0.186. The van der Waals surface area contributed by atoms with Crippen molar-refractivity contribution in [2.45, 2.75) is 13.5 Å². The Morgan fingerprint density at radius 1 is 1.44 bits per heavy atom. The molecule has 94 valence electrons. The number of nitrogens with one attached hydrogen (secondary N) is 1. The smallest absolute Gasteiger partial charge is 0.339 e. The van der Waals surface area contributed by atoms with Crippen LogP contribution in [0.15, 0.2) is 39.4 Å². The summed E-state index contributed by atoms with van der Waals surface area (Å²) < 4.78 is 6.13. The number of anilines is 1. The number of carboxylic acids is 1. The second kappa shape index (κ2) is 5.27. The highest BCUT2D eigenvalue weighted by molar-refractivity contribution is 9.10. The van der Waals surface area contributed by atoms with E-state index in [0.717, 1.165) is 15.7 Å². The summed E-state index contributed by atoms with van der Waals surface area (Å²) in [5.41, 5.74) is 2.20. The molecule has 2 N–H and O–H groups in total. The number of rotatable bonds is 4. The van der Waals surface area contributed by atoms with Gasteiger partial charge >= 0.3 is 5.97 Å². The maximum absolute atomic E-state index is 10.9. The number of aryl methyl sites for hydroxylation is 1. The van der Waals surface area contributed by atoms with Gasteiger partial charge in [0.25, 0.3) is 0 Å². The zero-order valence-corrected chi connectivity index (χ0v) is 11.3. The molecule has 0 unspecified atom stereocenters. The topological polar surface area (TPSA) is 62.5 Å². The molecule has 0 saturated carbocycles. The number of hydrogen-bond acceptors (Lipinski definition) is 3. The fourth-order valence-electron chi connectivity index (χ4n) is 1.63. The first kappa shape index (κ1) is 12.7. The summed E-state index contributed by atoms with van der Waals surface area (Å²) in [6.07, 6.45) is 1.38.